The van der Waals surface area contributed by atoms with Gasteiger partial charge in [-0.2, -0.15) is 0 Å². The van der Waals surface area contributed by atoms with Gasteiger partial charge in [0, 0.05) is 32.2 Å². The zero-order chi connectivity index (χ0) is 18.5. The zero-order valence-electron chi connectivity index (χ0n) is 18.2. The maximum Gasteiger partial charge on any atom is 0.122 e. The highest BCUT2D eigenvalue weighted by Crippen LogP contribution is 2.32. The topological polar surface area (TPSA) is 15.7 Å². The molecular formula is C24H40Cl2N2O. The molecule has 1 aliphatic heterocycles. The van der Waals surface area contributed by atoms with E-state index in [9.17, 15) is 0 Å². The summed E-state index contributed by atoms with van der Waals surface area (Å²) in [6, 6.07) is 5.44. The molecule has 0 spiro atoms. The van der Waals surface area contributed by atoms with E-state index in [0.717, 1.165) is 11.8 Å². The molecule has 4 rings (SSSR count). The van der Waals surface area contributed by atoms with E-state index in [0.29, 0.717) is 0 Å². The van der Waals surface area contributed by atoms with Crippen molar-refractivity contribution in [3.8, 4) is 5.75 Å². The van der Waals surface area contributed by atoms with Crippen LogP contribution in [-0.2, 0) is 19.3 Å². The van der Waals surface area contributed by atoms with E-state index < -0.39 is 0 Å². The lowest BCUT2D eigenvalue weighted by atomic mass is 9.86. The van der Waals surface area contributed by atoms with Crippen molar-refractivity contribution < 1.29 is 4.74 Å². The number of hydrogen-bond acceptors (Lipinski definition) is 3. The van der Waals surface area contributed by atoms with Gasteiger partial charge in [0.15, 0.2) is 0 Å². The summed E-state index contributed by atoms with van der Waals surface area (Å²) in [6.45, 7) is 6.40. The number of benzene rings is 1. The van der Waals surface area contributed by atoms with Crippen molar-refractivity contribution in [2.45, 2.75) is 76.7 Å². The van der Waals surface area contributed by atoms with Crippen molar-refractivity contribution in [1.82, 2.24) is 9.80 Å². The molecule has 3 aliphatic rings. The third-order valence-corrected chi connectivity index (χ3v) is 7.23. The van der Waals surface area contributed by atoms with Gasteiger partial charge in [0.05, 0.1) is 7.11 Å². The van der Waals surface area contributed by atoms with E-state index in [1.165, 1.54) is 109 Å². The molecule has 1 heterocycles. The summed E-state index contributed by atoms with van der Waals surface area (Å²) in [5.74, 6) is 1.12. The Labute approximate surface area is 190 Å². The molecule has 2 aliphatic carbocycles. The number of ether oxygens (including phenoxy) is 1. The molecule has 1 aromatic rings. The number of methoxy groups -OCH3 is 1. The molecule has 3 nitrogen and oxygen atoms in total. The van der Waals surface area contributed by atoms with Crippen molar-refractivity contribution >= 4 is 24.8 Å². The standard InChI is InChI=1S/C24H38N2O.2ClH/c1-27-24-14-13-20(22-11-5-6-12-23(22)24)8-7-15-25-16-18-26(19-17-25)21-9-3-2-4-10-21;;/h13-14,21H,2-12,15-19H2,1H3;2*1H. The Hall–Kier alpha value is -0.480. The van der Waals surface area contributed by atoms with Gasteiger partial charge in [-0.25, -0.2) is 0 Å². The summed E-state index contributed by atoms with van der Waals surface area (Å²) in [6.07, 6.45) is 14.9. The van der Waals surface area contributed by atoms with Crippen molar-refractivity contribution in [1.29, 1.82) is 0 Å². The Kier molecular flexibility index (Phi) is 10.6. The van der Waals surface area contributed by atoms with Crippen molar-refractivity contribution in [2.75, 3.05) is 39.8 Å². The van der Waals surface area contributed by atoms with Gasteiger partial charge in [-0.1, -0.05) is 25.3 Å². The van der Waals surface area contributed by atoms with Crippen molar-refractivity contribution in [2.24, 2.45) is 0 Å². The first-order chi connectivity index (χ1) is 13.3. The fourth-order valence-electron chi connectivity index (χ4n) is 5.63. The largest absolute Gasteiger partial charge is 0.496 e. The van der Waals surface area contributed by atoms with E-state index in [-0.39, 0.29) is 24.8 Å². The molecule has 1 saturated carbocycles. The number of nitrogens with zero attached hydrogens (tertiary/aromatic N) is 2. The van der Waals surface area contributed by atoms with Crippen LogP contribution in [0, 0.1) is 0 Å². The van der Waals surface area contributed by atoms with Gasteiger partial charge >= 0.3 is 0 Å². The van der Waals surface area contributed by atoms with E-state index in [2.05, 4.69) is 21.9 Å². The van der Waals surface area contributed by atoms with Crippen LogP contribution in [-0.4, -0.2) is 55.7 Å². The summed E-state index contributed by atoms with van der Waals surface area (Å²) in [7, 11) is 1.82. The van der Waals surface area contributed by atoms with E-state index in [1.807, 2.05) is 7.11 Å². The Morgan fingerprint density at radius 3 is 2.24 bits per heavy atom. The molecular weight excluding hydrogens is 403 g/mol. The second-order valence-electron chi connectivity index (χ2n) is 8.86. The van der Waals surface area contributed by atoms with Gasteiger partial charge < -0.3 is 9.64 Å². The van der Waals surface area contributed by atoms with Crippen LogP contribution < -0.4 is 4.74 Å². The fourth-order valence-corrected chi connectivity index (χ4v) is 5.63. The van der Waals surface area contributed by atoms with Crippen molar-refractivity contribution in [3.05, 3.63) is 28.8 Å². The Morgan fingerprint density at radius 2 is 1.55 bits per heavy atom. The molecule has 0 N–H and O–H groups in total. The molecule has 1 aromatic carbocycles. The summed E-state index contributed by atoms with van der Waals surface area (Å²) in [5.41, 5.74) is 4.71. The molecule has 0 amide bonds. The van der Waals surface area contributed by atoms with Gasteiger partial charge in [0.25, 0.3) is 0 Å². The Morgan fingerprint density at radius 1 is 0.862 bits per heavy atom. The second-order valence-corrected chi connectivity index (χ2v) is 8.86. The third-order valence-electron chi connectivity index (χ3n) is 7.23. The highest BCUT2D eigenvalue weighted by atomic mass is 35.5. The number of rotatable bonds is 6. The molecule has 0 aromatic heterocycles. The van der Waals surface area contributed by atoms with Gasteiger partial charge in [-0.3, -0.25) is 4.90 Å². The predicted molar refractivity (Wildman–Crippen MR) is 127 cm³/mol. The molecule has 0 atom stereocenters. The molecule has 0 radical (unpaired) electrons. The third kappa shape index (κ3) is 6.26. The maximum absolute atomic E-state index is 5.61. The number of halogens is 2. The number of hydrogen-bond donors (Lipinski definition) is 0. The first-order valence-corrected chi connectivity index (χ1v) is 11.5. The van der Waals surface area contributed by atoms with Crippen LogP contribution in [0.15, 0.2) is 12.1 Å². The molecule has 5 heteroatoms. The predicted octanol–water partition coefficient (Wildman–Crippen LogP) is 5.30. The van der Waals surface area contributed by atoms with Crippen LogP contribution in [0.3, 0.4) is 0 Å². The van der Waals surface area contributed by atoms with Crippen LogP contribution in [0.1, 0.15) is 68.1 Å². The highest BCUT2D eigenvalue weighted by molar-refractivity contribution is 5.85. The Bertz CT molecular complexity index is 611. The van der Waals surface area contributed by atoms with Gasteiger partial charge in [-0.15, -0.1) is 24.8 Å². The zero-order valence-corrected chi connectivity index (χ0v) is 19.8. The smallest absolute Gasteiger partial charge is 0.122 e. The van der Waals surface area contributed by atoms with Gasteiger partial charge in [0.1, 0.15) is 5.75 Å². The SMILES string of the molecule is COc1ccc(CCCN2CCN(C3CCCCC3)CC2)c2c1CCCC2.Cl.Cl. The van der Waals surface area contributed by atoms with Gasteiger partial charge in [-0.05, 0) is 80.7 Å². The minimum absolute atomic E-state index is 0. The molecule has 0 unspecified atom stereocenters. The lowest BCUT2D eigenvalue weighted by molar-refractivity contribution is 0.0785. The molecule has 166 valence electrons. The molecule has 2 fully saturated rings. The lowest BCUT2D eigenvalue weighted by Gasteiger charge is -2.40. The fraction of sp³-hybridized carbons (Fsp3) is 0.750. The molecule has 29 heavy (non-hydrogen) atoms. The normalized spacial score (nSPS) is 21.0. The Balaban J connectivity index is 0.00000150. The molecule has 0 bridgehead atoms. The van der Waals surface area contributed by atoms with Crippen LogP contribution in [0.5, 0.6) is 5.75 Å². The maximum atomic E-state index is 5.61. The minimum Gasteiger partial charge on any atom is -0.496 e. The van der Waals surface area contributed by atoms with Crippen LogP contribution >= 0.6 is 24.8 Å². The quantitative estimate of drug-likeness (QED) is 0.593. The van der Waals surface area contributed by atoms with Crippen LogP contribution in [0.2, 0.25) is 0 Å². The first kappa shape index (κ1) is 24.8. The average molecular weight is 444 g/mol. The number of aryl methyl sites for hydroxylation is 1. The van der Waals surface area contributed by atoms with Crippen molar-refractivity contribution in [3.63, 3.8) is 0 Å². The second kappa shape index (κ2) is 12.4. The summed E-state index contributed by atoms with van der Waals surface area (Å²) >= 11 is 0. The van der Waals surface area contributed by atoms with Crippen LogP contribution in [0.25, 0.3) is 0 Å². The summed E-state index contributed by atoms with van der Waals surface area (Å²) in [5, 5.41) is 0. The minimum atomic E-state index is 0. The monoisotopic (exact) mass is 442 g/mol. The number of fused-ring (bicyclic) bond motifs is 1. The number of piperazine rings is 1. The van der Waals surface area contributed by atoms with E-state index in [1.54, 1.807) is 11.1 Å². The molecule has 1 saturated heterocycles. The van der Waals surface area contributed by atoms with E-state index >= 15 is 0 Å². The van der Waals surface area contributed by atoms with Gasteiger partial charge in [0.2, 0.25) is 0 Å². The first-order valence-electron chi connectivity index (χ1n) is 11.5. The summed E-state index contributed by atoms with van der Waals surface area (Å²) < 4.78 is 5.61. The highest BCUT2D eigenvalue weighted by Gasteiger charge is 2.25. The van der Waals surface area contributed by atoms with Crippen LogP contribution in [0.4, 0.5) is 0 Å². The average Bonchev–Trinajstić information content (AvgIpc) is 2.75. The summed E-state index contributed by atoms with van der Waals surface area (Å²) in [4.78, 5) is 5.49. The lowest BCUT2D eigenvalue weighted by Crippen LogP contribution is -2.50. The van der Waals surface area contributed by atoms with E-state index in [4.69, 9.17) is 4.74 Å².